The molecular weight excluding hydrogens is 388 g/mol. The zero-order chi connectivity index (χ0) is 21.8. The van der Waals surface area contributed by atoms with E-state index in [2.05, 4.69) is 21.2 Å². The summed E-state index contributed by atoms with van der Waals surface area (Å²) < 4.78 is 10.8. The van der Waals surface area contributed by atoms with Crippen molar-refractivity contribution in [1.29, 1.82) is 0 Å². The van der Waals surface area contributed by atoms with Crippen molar-refractivity contribution in [3.8, 4) is 11.5 Å². The Morgan fingerprint density at radius 2 is 1.80 bits per heavy atom. The van der Waals surface area contributed by atoms with Crippen molar-refractivity contribution in [2.24, 2.45) is 5.10 Å². The van der Waals surface area contributed by atoms with E-state index >= 15 is 0 Å². The number of methoxy groups -OCH3 is 1. The van der Waals surface area contributed by atoms with E-state index in [4.69, 9.17) is 9.47 Å². The Labute approximate surface area is 174 Å². The largest absolute Gasteiger partial charge is 0.493 e. The number of rotatable bonds is 9. The molecule has 158 valence electrons. The quantitative estimate of drug-likeness (QED) is 0.329. The van der Waals surface area contributed by atoms with Crippen LogP contribution in [0.25, 0.3) is 0 Å². The number of hydrogen-bond donors (Lipinski definition) is 3. The first-order valence-electron chi connectivity index (χ1n) is 9.30. The first kappa shape index (κ1) is 22.4. The second kappa shape index (κ2) is 11.8. The molecule has 3 N–H and O–H groups in total. The normalized spacial score (nSPS) is 10.3. The molecule has 0 spiro atoms. The molecule has 0 heterocycles. The van der Waals surface area contributed by atoms with Crippen LogP contribution in [0.5, 0.6) is 11.5 Å². The van der Waals surface area contributed by atoms with Crippen LogP contribution in [-0.2, 0) is 14.4 Å². The van der Waals surface area contributed by atoms with E-state index in [1.165, 1.54) is 13.3 Å². The molecule has 9 heteroatoms. The van der Waals surface area contributed by atoms with Gasteiger partial charge in [-0.25, -0.2) is 5.43 Å². The first-order valence-corrected chi connectivity index (χ1v) is 9.30. The van der Waals surface area contributed by atoms with E-state index in [-0.39, 0.29) is 12.5 Å². The van der Waals surface area contributed by atoms with Crippen molar-refractivity contribution >= 4 is 29.6 Å². The van der Waals surface area contributed by atoms with Gasteiger partial charge in [-0.05, 0) is 42.3 Å². The summed E-state index contributed by atoms with van der Waals surface area (Å²) in [4.78, 5) is 35.0. The van der Waals surface area contributed by atoms with Gasteiger partial charge in [-0.2, -0.15) is 5.10 Å². The van der Waals surface area contributed by atoms with Crippen molar-refractivity contribution in [3.05, 3.63) is 54.1 Å². The van der Waals surface area contributed by atoms with Crippen LogP contribution in [0, 0.1) is 0 Å². The summed E-state index contributed by atoms with van der Waals surface area (Å²) >= 11 is 0. The van der Waals surface area contributed by atoms with Crippen LogP contribution in [0.1, 0.15) is 18.9 Å². The van der Waals surface area contributed by atoms with Gasteiger partial charge in [0.15, 0.2) is 18.1 Å². The number of amides is 3. The molecule has 30 heavy (non-hydrogen) atoms. The highest BCUT2D eigenvalue weighted by molar-refractivity contribution is 6.35. The van der Waals surface area contributed by atoms with Gasteiger partial charge in [0.05, 0.1) is 13.3 Å². The van der Waals surface area contributed by atoms with Crippen LogP contribution < -0.4 is 25.5 Å². The lowest BCUT2D eigenvalue weighted by molar-refractivity contribution is -0.139. The average molecular weight is 412 g/mol. The Morgan fingerprint density at radius 3 is 2.50 bits per heavy atom. The van der Waals surface area contributed by atoms with Crippen molar-refractivity contribution in [1.82, 2.24) is 10.7 Å². The minimum atomic E-state index is -0.851. The van der Waals surface area contributed by atoms with Crippen molar-refractivity contribution < 1.29 is 23.9 Å². The first-order chi connectivity index (χ1) is 14.5. The van der Waals surface area contributed by atoms with Gasteiger partial charge in [0.1, 0.15) is 0 Å². The van der Waals surface area contributed by atoms with Crippen LogP contribution in [0.4, 0.5) is 5.69 Å². The number of para-hydroxylation sites is 1. The smallest absolute Gasteiger partial charge is 0.329 e. The molecule has 0 saturated heterocycles. The summed E-state index contributed by atoms with van der Waals surface area (Å²) in [5.41, 5.74) is 3.42. The van der Waals surface area contributed by atoms with Crippen LogP contribution in [0.2, 0.25) is 0 Å². The van der Waals surface area contributed by atoms with Gasteiger partial charge in [0.2, 0.25) is 0 Å². The van der Waals surface area contributed by atoms with Gasteiger partial charge in [-0.15, -0.1) is 0 Å². The second-order valence-electron chi connectivity index (χ2n) is 6.07. The SMILES string of the molecule is CCCNC(=O)C(=O)N/N=C\c1ccc(OCC(=O)Nc2ccccc2)c(OC)c1. The monoisotopic (exact) mass is 412 g/mol. The van der Waals surface area contributed by atoms with E-state index < -0.39 is 11.8 Å². The Kier molecular flexibility index (Phi) is 8.85. The third-order valence-electron chi connectivity index (χ3n) is 3.73. The van der Waals surface area contributed by atoms with Gasteiger partial charge in [0, 0.05) is 12.2 Å². The molecule has 0 aromatic heterocycles. The molecule has 0 aliphatic heterocycles. The van der Waals surface area contributed by atoms with Crippen LogP contribution in [-0.4, -0.2) is 44.2 Å². The molecule has 0 radical (unpaired) electrons. The lowest BCUT2D eigenvalue weighted by Gasteiger charge is -2.11. The van der Waals surface area contributed by atoms with E-state index in [0.29, 0.717) is 29.3 Å². The standard InChI is InChI=1S/C21H24N4O5/c1-3-11-22-20(27)21(28)25-23-13-15-9-10-17(18(12-15)29-2)30-14-19(26)24-16-7-5-4-6-8-16/h4-10,12-13H,3,11,14H2,1-2H3,(H,22,27)(H,24,26)(H,25,28)/b23-13-. The number of carbonyl (C=O) groups is 3. The fourth-order valence-electron chi connectivity index (χ4n) is 2.28. The van der Waals surface area contributed by atoms with E-state index in [1.807, 2.05) is 25.1 Å². The van der Waals surface area contributed by atoms with Crippen molar-refractivity contribution in [2.75, 3.05) is 25.6 Å². The summed E-state index contributed by atoms with van der Waals surface area (Å²) in [7, 11) is 1.47. The number of hydrogen-bond acceptors (Lipinski definition) is 6. The van der Waals surface area contributed by atoms with Crippen molar-refractivity contribution in [2.45, 2.75) is 13.3 Å². The molecule has 0 atom stereocenters. The lowest BCUT2D eigenvalue weighted by atomic mass is 10.2. The minimum absolute atomic E-state index is 0.193. The predicted octanol–water partition coefficient (Wildman–Crippen LogP) is 1.69. The molecule has 3 amide bonds. The minimum Gasteiger partial charge on any atom is -0.493 e. The third-order valence-corrected chi connectivity index (χ3v) is 3.73. The number of anilines is 1. The van der Waals surface area contributed by atoms with E-state index in [1.54, 1.807) is 30.3 Å². The molecule has 9 nitrogen and oxygen atoms in total. The van der Waals surface area contributed by atoms with Gasteiger partial charge >= 0.3 is 11.8 Å². The topological polar surface area (TPSA) is 118 Å². The third kappa shape index (κ3) is 7.27. The molecule has 0 fully saturated rings. The maximum absolute atomic E-state index is 12.0. The van der Waals surface area contributed by atoms with Gasteiger partial charge in [-0.3, -0.25) is 14.4 Å². The number of carbonyl (C=O) groups excluding carboxylic acids is 3. The molecule has 2 rings (SSSR count). The average Bonchev–Trinajstić information content (AvgIpc) is 2.76. The molecule has 0 bridgehead atoms. The highest BCUT2D eigenvalue weighted by Gasteiger charge is 2.11. The summed E-state index contributed by atoms with van der Waals surface area (Å²) in [6, 6.07) is 14.0. The zero-order valence-corrected chi connectivity index (χ0v) is 16.8. The maximum atomic E-state index is 12.0. The molecule has 0 unspecified atom stereocenters. The van der Waals surface area contributed by atoms with Gasteiger partial charge in [0.25, 0.3) is 5.91 Å². The summed E-state index contributed by atoms with van der Waals surface area (Å²) in [5.74, 6) is -1.14. The summed E-state index contributed by atoms with van der Waals surface area (Å²) in [6.07, 6.45) is 2.09. The van der Waals surface area contributed by atoms with Gasteiger partial charge < -0.3 is 20.1 Å². The van der Waals surface area contributed by atoms with Crippen LogP contribution in [0.3, 0.4) is 0 Å². The number of nitrogens with one attached hydrogen (secondary N) is 3. The fourth-order valence-corrected chi connectivity index (χ4v) is 2.28. The van der Waals surface area contributed by atoms with Crippen molar-refractivity contribution in [3.63, 3.8) is 0 Å². The number of ether oxygens (including phenoxy) is 2. The van der Waals surface area contributed by atoms with Crippen LogP contribution in [0.15, 0.2) is 53.6 Å². The Bertz CT molecular complexity index is 900. The molecule has 2 aromatic rings. The van der Waals surface area contributed by atoms with Crippen LogP contribution >= 0.6 is 0 Å². The predicted molar refractivity (Wildman–Crippen MR) is 113 cm³/mol. The molecule has 0 aliphatic carbocycles. The Morgan fingerprint density at radius 1 is 1.03 bits per heavy atom. The van der Waals surface area contributed by atoms with Gasteiger partial charge in [-0.1, -0.05) is 25.1 Å². The summed E-state index contributed by atoms with van der Waals surface area (Å²) in [6.45, 7) is 2.10. The Balaban J connectivity index is 1.90. The number of hydrazone groups is 1. The Hall–Kier alpha value is -3.88. The fraction of sp³-hybridized carbons (Fsp3) is 0.238. The number of benzene rings is 2. The summed E-state index contributed by atoms with van der Waals surface area (Å²) in [5, 5.41) is 8.92. The highest BCUT2D eigenvalue weighted by Crippen LogP contribution is 2.27. The molecule has 2 aromatic carbocycles. The molecule has 0 saturated carbocycles. The lowest BCUT2D eigenvalue weighted by Crippen LogP contribution is -2.38. The maximum Gasteiger partial charge on any atom is 0.329 e. The highest BCUT2D eigenvalue weighted by atomic mass is 16.5. The number of nitrogens with zero attached hydrogens (tertiary/aromatic N) is 1. The van der Waals surface area contributed by atoms with E-state index in [0.717, 1.165) is 6.42 Å². The van der Waals surface area contributed by atoms with E-state index in [9.17, 15) is 14.4 Å². The second-order valence-corrected chi connectivity index (χ2v) is 6.07. The zero-order valence-electron chi connectivity index (χ0n) is 16.8. The molecular formula is C21H24N4O5. The molecule has 0 aliphatic rings.